The van der Waals surface area contributed by atoms with Gasteiger partial charge in [-0.3, -0.25) is 4.98 Å². The molecule has 34 heavy (non-hydrogen) atoms. The molecule has 3 aromatic rings. The van der Waals surface area contributed by atoms with Gasteiger partial charge in [-0.1, -0.05) is 29.8 Å². The van der Waals surface area contributed by atoms with Crippen LogP contribution in [0.4, 0.5) is 4.39 Å². The van der Waals surface area contributed by atoms with E-state index in [-0.39, 0.29) is 18.0 Å². The van der Waals surface area contributed by atoms with Crippen molar-refractivity contribution in [3.8, 4) is 16.9 Å². The average molecular weight is 505 g/mol. The molecule has 0 bridgehead atoms. The predicted octanol–water partition coefficient (Wildman–Crippen LogP) is 4.56. The van der Waals surface area contributed by atoms with Crippen molar-refractivity contribution < 1.29 is 27.4 Å². The van der Waals surface area contributed by atoms with Crippen LogP contribution in [-0.4, -0.2) is 47.5 Å². The summed E-state index contributed by atoms with van der Waals surface area (Å²) in [6.07, 6.45) is 2.54. The number of hydrogen-bond acceptors (Lipinski definition) is 5. The van der Waals surface area contributed by atoms with Gasteiger partial charge < -0.3 is 9.84 Å². The van der Waals surface area contributed by atoms with E-state index in [4.69, 9.17) is 21.4 Å². The number of hydrogen-bond donors (Lipinski definition) is 1. The zero-order valence-corrected chi connectivity index (χ0v) is 19.6. The lowest BCUT2D eigenvalue weighted by atomic mass is 9.95. The molecule has 1 aliphatic rings. The van der Waals surface area contributed by atoms with Gasteiger partial charge >= 0.3 is 5.97 Å². The number of sulfonamides is 1. The molecule has 1 saturated heterocycles. The summed E-state index contributed by atoms with van der Waals surface area (Å²) < 4.78 is 48.3. The Labute approximate surface area is 201 Å². The summed E-state index contributed by atoms with van der Waals surface area (Å²) in [6, 6.07) is 15.1. The van der Waals surface area contributed by atoms with Gasteiger partial charge in [0.25, 0.3) is 0 Å². The summed E-state index contributed by atoms with van der Waals surface area (Å²) in [7, 11) is -4.04. The van der Waals surface area contributed by atoms with E-state index in [9.17, 15) is 17.6 Å². The van der Waals surface area contributed by atoms with E-state index >= 15 is 0 Å². The smallest absolute Gasteiger partial charge is 0.341 e. The van der Waals surface area contributed by atoms with E-state index in [0.717, 1.165) is 9.87 Å². The largest absolute Gasteiger partial charge is 0.489 e. The van der Waals surface area contributed by atoms with Crippen LogP contribution in [0.3, 0.4) is 0 Å². The number of piperidine rings is 1. The highest BCUT2D eigenvalue weighted by Gasteiger charge is 2.44. The Bertz CT molecular complexity index is 1300. The van der Waals surface area contributed by atoms with Crippen molar-refractivity contribution in [2.24, 2.45) is 0 Å². The fraction of sp³-hybridized carbons (Fsp3) is 0.250. The first-order valence-corrected chi connectivity index (χ1v) is 12.3. The number of carbonyl (C=O) groups is 1. The molecule has 0 unspecified atom stereocenters. The Balaban J connectivity index is 1.62. The SMILES string of the molecule is O=C(O)C1(F)CCN(S(=O)(=O)c2ccc(Cl)cc2-c2cccc(OCc3cccnc3)c2)CC1. The normalized spacial score (nSPS) is 16.2. The van der Waals surface area contributed by atoms with Gasteiger partial charge in [-0.25, -0.2) is 17.6 Å². The number of alkyl halides is 1. The number of pyridine rings is 1. The molecule has 178 valence electrons. The molecule has 2 heterocycles. The average Bonchev–Trinajstić information content (AvgIpc) is 2.83. The molecule has 1 N–H and O–H groups in total. The van der Waals surface area contributed by atoms with Crippen LogP contribution < -0.4 is 4.74 Å². The monoisotopic (exact) mass is 504 g/mol. The molecule has 0 aliphatic carbocycles. The summed E-state index contributed by atoms with van der Waals surface area (Å²) >= 11 is 6.19. The van der Waals surface area contributed by atoms with Crippen molar-refractivity contribution in [2.45, 2.75) is 30.0 Å². The van der Waals surface area contributed by atoms with Crippen molar-refractivity contribution in [1.82, 2.24) is 9.29 Å². The molecule has 1 aliphatic heterocycles. The number of aliphatic carboxylic acids is 1. The van der Waals surface area contributed by atoms with E-state index < -0.39 is 34.5 Å². The number of rotatable bonds is 7. The minimum Gasteiger partial charge on any atom is -0.489 e. The van der Waals surface area contributed by atoms with E-state index in [0.29, 0.717) is 28.5 Å². The molecule has 1 aromatic heterocycles. The third-order valence-corrected chi connectivity index (χ3v) is 7.92. The molecule has 2 aromatic carbocycles. The van der Waals surface area contributed by atoms with Crippen molar-refractivity contribution in [2.75, 3.05) is 13.1 Å². The highest BCUT2D eigenvalue weighted by molar-refractivity contribution is 7.89. The number of aromatic nitrogens is 1. The molecule has 0 saturated carbocycles. The van der Waals surface area contributed by atoms with E-state index in [1.54, 1.807) is 42.7 Å². The second kappa shape index (κ2) is 9.69. The Morgan fingerprint density at radius 3 is 2.59 bits per heavy atom. The van der Waals surface area contributed by atoms with Gasteiger partial charge in [0.2, 0.25) is 15.7 Å². The maximum absolute atomic E-state index is 14.4. The second-order valence-corrected chi connectivity index (χ2v) is 10.3. The molecule has 7 nitrogen and oxygen atoms in total. The number of nitrogens with zero attached hydrogens (tertiary/aromatic N) is 2. The van der Waals surface area contributed by atoms with Crippen molar-refractivity contribution in [3.63, 3.8) is 0 Å². The zero-order chi connectivity index (χ0) is 24.3. The van der Waals surface area contributed by atoms with Gasteiger partial charge in [0.15, 0.2) is 0 Å². The van der Waals surface area contributed by atoms with Crippen molar-refractivity contribution in [1.29, 1.82) is 0 Å². The van der Waals surface area contributed by atoms with Crippen LogP contribution in [0.1, 0.15) is 18.4 Å². The Morgan fingerprint density at radius 1 is 1.15 bits per heavy atom. The summed E-state index contributed by atoms with van der Waals surface area (Å²) in [5.41, 5.74) is -0.592. The lowest BCUT2D eigenvalue weighted by molar-refractivity contribution is -0.153. The number of halogens is 2. The van der Waals surface area contributed by atoms with Crippen LogP contribution in [0.5, 0.6) is 5.75 Å². The fourth-order valence-corrected chi connectivity index (χ4v) is 5.60. The first kappa shape index (κ1) is 24.1. The maximum atomic E-state index is 14.4. The highest BCUT2D eigenvalue weighted by Crippen LogP contribution is 2.36. The summed E-state index contributed by atoms with van der Waals surface area (Å²) in [6.45, 7) is -0.177. The molecular weight excluding hydrogens is 483 g/mol. The van der Waals surface area contributed by atoms with Crippen molar-refractivity contribution in [3.05, 3.63) is 77.6 Å². The minimum absolute atomic E-state index is 0.00277. The number of ether oxygens (including phenoxy) is 1. The van der Waals surface area contributed by atoms with Gasteiger partial charge in [0.1, 0.15) is 12.4 Å². The first-order chi connectivity index (χ1) is 16.2. The summed E-state index contributed by atoms with van der Waals surface area (Å²) in [4.78, 5) is 15.2. The highest BCUT2D eigenvalue weighted by atomic mass is 35.5. The Kier molecular flexibility index (Phi) is 6.88. The molecule has 10 heteroatoms. The summed E-state index contributed by atoms with van der Waals surface area (Å²) in [5.74, 6) is -1.04. The number of carboxylic acids is 1. The third kappa shape index (κ3) is 5.06. The van der Waals surface area contributed by atoms with Gasteiger partial charge in [-0.05, 0) is 42.0 Å². The van der Waals surface area contributed by atoms with Crippen LogP contribution in [0, 0.1) is 0 Å². The van der Waals surface area contributed by atoms with Gasteiger partial charge in [-0.15, -0.1) is 0 Å². The Hall–Kier alpha value is -3.01. The molecule has 4 rings (SSSR count). The minimum atomic E-state index is -4.04. The van der Waals surface area contributed by atoms with E-state index in [1.165, 1.54) is 12.1 Å². The lowest BCUT2D eigenvalue weighted by Crippen LogP contribution is -2.48. The van der Waals surface area contributed by atoms with Gasteiger partial charge in [0.05, 0.1) is 4.90 Å². The first-order valence-electron chi connectivity index (χ1n) is 10.5. The molecule has 0 radical (unpaired) electrons. The molecule has 1 fully saturated rings. The molecular formula is C24H22ClFN2O5S. The van der Waals surface area contributed by atoms with E-state index in [1.807, 2.05) is 12.1 Å². The Morgan fingerprint density at radius 2 is 1.91 bits per heavy atom. The lowest BCUT2D eigenvalue weighted by Gasteiger charge is -2.33. The standard InChI is InChI=1S/C24H22ClFN2O5S/c25-19-6-7-22(34(31,32)28-11-8-24(26,9-12-28)23(29)30)21(14-19)18-4-1-5-20(13-18)33-16-17-3-2-10-27-15-17/h1-7,10,13-15H,8-9,11-12,16H2,(H,29,30). The second-order valence-electron chi connectivity index (χ2n) is 7.99. The third-order valence-electron chi connectivity index (χ3n) is 5.73. The van der Waals surface area contributed by atoms with Crippen LogP contribution >= 0.6 is 11.6 Å². The van der Waals surface area contributed by atoms with E-state index in [2.05, 4.69) is 4.98 Å². The number of benzene rings is 2. The van der Waals surface area contributed by atoms with Gasteiger partial charge in [-0.2, -0.15) is 4.31 Å². The zero-order valence-electron chi connectivity index (χ0n) is 18.0. The van der Waals surface area contributed by atoms with Crippen LogP contribution in [0.25, 0.3) is 11.1 Å². The number of carboxylic acid groups (broad SMARTS) is 1. The van der Waals surface area contributed by atoms with Crippen LogP contribution in [-0.2, 0) is 21.4 Å². The van der Waals surface area contributed by atoms with Crippen LogP contribution in [0.2, 0.25) is 5.02 Å². The fourth-order valence-electron chi connectivity index (χ4n) is 3.79. The topological polar surface area (TPSA) is 96.8 Å². The van der Waals surface area contributed by atoms with Gasteiger partial charge in [0, 0.05) is 54.5 Å². The predicted molar refractivity (Wildman–Crippen MR) is 125 cm³/mol. The molecule has 0 amide bonds. The van der Waals surface area contributed by atoms with Crippen LogP contribution in [0.15, 0.2) is 71.9 Å². The quantitative estimate of drug-likeness (QED) is 0.506. The molecule has 0 atom stereocenters. The maximum Gasteiger partial charge on any atom is 0.341 e. The molecule has 0 spiro atoms. The van der Waals surface area contributed by atoms with Crippen molar-refractivity contribution >= 4 is 27.6 Å². The summed E-state index contributed by atoms with van der Waals surface area (Å²) in [5, 5.41) is 9.45.